The van der Waals surface area contributed by atoms with E-state index < -0.39 is 5.97 Å². The molecular weight excluding hydrogens is 230 g/mol. The average molecular weight is 253 g/mol. The molecule has 0 aliphatic heterocycles. The van der Waals surface area contributed by atoms with Crippen LogP contribution in [-0.4, -0.2) is 23.0 Å². The van der Waals surface area contributed by atoms with Gasteiger partial charge in [-0.3, -0.25) is 9.59 Å². The van der Waals surface area contributed by atoms with Crippen molar-refractivity contribution in [3.63, 3.8) is 0 Å². The molecule has 0 aromatic heterocycles. The molecule has 4 heteroatoms. The second-order valence-corrected chi connectivity index (χ2v) is 4.46. The zero-order valence-corrected chi connectivity index (χ0v) is 11.3. The van der Waals surface area contributed by atoms with Crippen molar-refractivity contribution in [1.82, 2.24) is 5.32 Å². The summed E-state index contributed by atoms with van der Waals surface area (Å²) in [5.41, 5.74) is 0. The van der Waals surface area contributed by atoms with Gasteiger partial charge in [-0.25, -0.2) is 0 Å². The molecule has 0 rings (SSSR count). The highest BCUT2D eigenvalue weighted by Crippen LogP contribution is 2.09. The number of hydrogen-bond donors (Lipinski definition) is 2. The summed E-state index contributed by atoms with van der Waals surface area (Å²) in [6, 6.07) is 0.0637. The van der Waals surface area contributed by atoms with E-state index in [1.54, 1.807) is 19.1 Å². The van der Waals surface area contributed by atoms with Gasteiger partial charge in [0, 0.05) is 12.1 Å². The van der Waals surface area contributed by atoms with Crippen LogP contribution in [0.3, 0.4) is 0 Å². The van der Waals surface area contributed by atoms with Crippen LogP contribution in [0.1, 0.15) is 40.0 Å². The Hall–Kier alpha value is -1.58. The van der Waals surface area contributed by atoms with Crippen LogP contribution in [0.5, 0.6) is 0 Å². The molecule has 18 heavy (non-hydrogen) atoms. The zero-order chi connectivity index (χ0) is 14.0. The molecular formula is C14H23NO3. The summed E-state index contributed by atoms with van der Waals surface area (Å²) in [4.78, 5) is 22.0. The van der Waals surface area contributed by atoms with Crippen LogP contribution in [0.15, 0.2) is 24.3 Å². The topological polar surface area (TPSA) is 66.4 Å². The van der Waals surface area contributed by atoms with Crippen LogP contribution < -0.4 is 5.32 Å². The Kier molecular flexibility index (Phi) is 8.62. The maximum atomic E-state index is 11.4. The lowest BCUT2D eigenvalue weighted by molar-refractivity contribution is -0.141. The third kappa shape index (κ3) is 8.56. The normalized spacial score (nSPS) is 14.8. The summed E-state index contributed by atoms with van der Waals surface area (Å²) in [6.45, 7) is 5.51. The van der Waals surface area contributed by atoms with Crippen molar-refractivity contribution in [2.45, 2.75) is 46.1 Å². The minimum atomic E-state index is -0.763. The third-order valence-electron chi connectivity index (χ3n) is 2.64. The largest absolute Gasteiger partial charge is 0.481 e. The van der Waals surface area contributed by atoms with E-state index in [4.69, 9.17) is 5.11 Å². The van der Waals surface area contributed by atoms with Gasteiger partial charge in [0.05, 0.1) is 5.92 Å². The molecule has 2 unspecified atom stereocenters. The molecule has 0 heterocycles. The second kappa shape index (κ2) is 9.45. The standard InChI is InChI=1S/C14H23NO3/c1-4-5-6-10-13(16)15-12(3)9-7-8-11(2)14(17)18/h4-6,10-12H,7-9H2,1-3H3,(H,15,16)(H,17,18). The summed E-state index contributed by atoms with van der Waals surface area (Å²) in [7, 11) is 0. The van der Waals surface area contributed by atoms with Crippen LogP contribution in [-0.2, 0) is 9.59 Å². The van der Waals surface area contributed by atoms with Gasteiger partial charge in [0.15, 0.2) is 0 Å². The molecule has 0 spiro atoms. The fourth-order valence-corrected chi connectivity index (χ4v) is 1.47. The number of aliphatic carboxylic acids is 1. The molecule has 0 fully saturated rings. The van der Waals surface area contributed by atoms with Gasteiger partial charge in [0.1, 0.15) is 0 Å². The van der Waals surface area contributed by atoms with Crippen LogP contribution >= 0.6 is 0 Å². The van der Waals surface area contributed by atoms with Gasteiger partial charge >= 0.3 is 5.97 Å². The van der Waals surface area contributed by atoms with Crippen LogP contribution in [0.4, 0.5) is 0 Å². The maximum absolute atomic E-state index is 11.4. The van der Waals surface area contributed by atoms with Gasteiger partial charge in [-0.15, -0.1) is 0 Å². The van der Waals surface area contributed by atoms with Gasteiger partial charge in [-0.2, -0.15) is 0 Å². The molecule has 0 bridgehead atoms. The minimum Gasteiger partial charge on any atom is -0.481 e. The highest BCUT2D eigenvalue weighted by Gasteiger charge is 2.11. The van der Waals surface area contributed by atoms with Crippen molar-refractivity contribution in [2.24, 2.45) is 5.92 Å². The number of carboxylic acids is 1. The van der Waals surface area contributed by atoms with Gasteiger partial charge in [-0.1, -0.05) is 31.6 Å². The van der Waals surface area contributed by atoms with E-state index >= 15 is 0 Å². The van der Waals surface area contributed by atoms with Crippen molar-refractivity contribution in [1.29, 1.82) is 0 Å². The number of hydrogen-bond acceptors (Lipinski definition) is 2. The molecule has 0 radical (unpaired) electrons. The first-order valence-electron chi connectivity index (χ1n) is 6.30. The smallest absolute Gasteiger partial charge is 0.306 e. The Bertz CT molecular complexity index is 321. The lowest BCUT2D eigenvalue weighted by Gasteiger charge is -2.13. The van der Waals surface area contributed by atoms with E-state index in [0.29, 0.717) is 6.42 Å². The SMILES string of the molecule is CC=CC=CC(=O)NC(C)CCCC(C)C(=O)O. The average Bonchev–Trinajstić information content (AvgIpc) is 2.28. The summed E-state index contributed by atoms with van der Waals surface area (Å²) >= 11 is 0. The first-order valence-corrected chi connectivity index (χ1v) is 6.30. The monoisotopic (exact) mass is 253 g/mol. The molecule has 0 aromatic rings. The van der Waals surface area contributed by atoms with Crippen LogP contribution in [0.25, 0.3) is 0 Å². The van der Waals surface area contributed by atoms with Gasteiger partial charge in [0.2, 0.25) is 5.91 Å². The molecule has 0 aliphatic carbocycles. The fraction of sp³-hybridized carbons (Fsp3) is 0.571. The summed E-state index contributed by atoms with van der Waals surface area (Å²) in [5.74, 6) is -1.20. The molecule has 2 N–H and O–H groups in total. The highest BCUT2D eigenvalue weighted by atomic mass is 16.4. The van der Waals surface area contributed by atoms with Crippen molar-refractivity contribution in [3.8, 4) is 0 Å². The van der Waals surface area contributed by atoms with Crippen molar-refractivity contribution in [3.05, 3.63) is 24.3 Å². The van der Waals surface area contributed by atoms with Crippen LogP contribution in [0.2, 0.25) is 0 Å². The molecule has 0 aliphatic rings. The van der Waals surface area contributed by atoms with Crippen molar-refractivity contribution in [2.75, 3.05) is 0 Å². The molecule has 0 saturated heterocycles. The number of allylic oxidation sites excluding steroid dienone is 3. The molecule has 4 nitrogen and oxygen atoms in total. The zero-order valence-electron chi connectivity index (χ0n) is 11.3. The van der Waals surface area contributed by atoms with E-state index in [2.05, 4.69) is 5.32 Å². The van der Waals surface area contributed by atoms with E-state index in [1.165, 1.54) is 6.08 Å². The summed E-state index contributed by atoms with van der Waals surface area (Å²) in [5, 5.41) is 11.6. The molecule has 1 amide bonds. The highest BCUT2D eigenvalue weighted by molar-refractivity contribution is 5.87. The number of carbonyl (C=O) groups excluding carboxylic acids is 1. The number of carboxylic acid groups (broad SMARTS) is 1. The van der Waals surface area contributed by atoms with Crippen molar-refractivity contribution < 1.29 is 14.7 Å². The van der Waals surface area contributed by atoms with Gasteiger partial charge < -0.3 is 10.4 Å². The Morgan fingerprint density at radius 1 is 1.22 bits per heavy atom. The van der Waals surface area contributed by atoms with Crippen LogP contribution in [0, 0.1) is 5.92 Å². The van der Waals surface area contributed by atoms with E-state index in [0.717, 1.165) is 12.8 Å². The molecule has 102 valence electrons. The maximum Gasteiger partial charge on any atom is 0.306 e. The van der Waals surface area contributed by atoms with E-state index in [9.17, 15) is 9.59 Å². The molecule has 0 saturated carbocycles. The summed E-state index contributed by atoms with van der Waals surface area (Å²) in [6.07, 6.45) is 9.04. The first kappa shape index (κ1) is 16.4. The Labute approximate surface area is 109 Å². The summed E-state index contributed by atoms with van der Waals surface area (Å²) < 4.78 is 0. The number of rotatable bonds is 8. The fourth-order valence-electron chi connectivity index (χ4n) is 1.47. The lowest BCUT2D eigenvalue weighted by Crippen LogP contribution is -2.31. The van der Waals surface area contributed by atoms with E-state index in [1.807, 2.05) is 19.9 Å². The third-order valence-corrected chi connectivity index (χ3v) is 2.64. The van der Waals surface area contributed by atoms with E-state index in [-0.39, 0.29) is 17.9 Å². The predicted molar refractivity (Wildman–Crippen MR) is 72.2 cm³/mol. The predicted octanol–water partition coefficient (Wildman–Crippen LogP) is 2.51. The van der Waals surface area contributed by atoms with Gasteiger partial charge in [0.25, 0.3) is 0 Å². The molecule has 0 aromatic carbocycles. The lowest BCUT2D eigenvalue weighted by atomic mass is 10.0. The number of nitrogens with one attached hydrogen (secondary N) is 1. The van der Waals surface area contributed by atoms with Crippen molar-refractivity contribution >= 4 is 11.9 Å². The number of carbonyl (C=O) groups is 2. The Morgan fingerprint density at radius 3 is 2.44 bits per heavy atom. The Balaban J connectivity index is 3.80. The number of amides is 1. The second-order valence-electron chi connectivity index (χ2n) is 4.46. The minimum absolute atomic E-state index is 0.0637. The molecule has 2 atom stereocenters. The van der Waals surface area contributed by atoms with Gasteiger partial charge in [-0.05, 0) is 26.7 Å². The quantitative estimate of drug-likeness (QED) is 0.516. The Morgan fingerprint density at radius 2 is 1.89 bits per heavy atom. The first-order chi connectivity index (χ1) is 8.47.